The number of rotatable bonds is 5. The molecule has 0 aliphatic carbocycles. The molecule has 0 bridgehead atoms. The molecule has 0 atom stereocenters. The number of aromatic amines is 4. The minimum Gasteiger partial charge on any atom is -0.360 e. The maximum absolute atomic E-state index is 4.97. The van der Waals surface area contributed by atoms with Crippen molar-refractivity contribution in [1.82, 2.24) is 61.0 Å². The van der Waals surface area contributed by atoms with Crippen molar-refractivity contribution in [2.45, 2.75) is 0 Å². The number of hydrogen-bond acceptors (Lipinski definition) is 9. The van der Waals surface area contributed by atoms with E-state index in [2.05, 4.69) is 56.0 Å². The number of hydrogen-bond donors (Lipinski definition) is 4. The molecule has 0 aliphatic heterocycles. The van der Waals surface area contributed by atoms with Gasteiger partial charge in [0.15, 0.2) is 0 Å². The largest absolute Gasteiger partial charge is 0.360 e. The van der Waals surface area contributed by atoms with Crippen LogP contribution in [0.1, 0.15) is 0 Å². The van der Waals surface area contributed by atoms with Crippen LogP contribution in [0, 0.1) is 0 Å². The Bertz CT molecular complexity index is 1310. The van der Waals surface area contributed by atoms with Gasteiger partial charge in [0.1, 0.15) is 22.2 Å². The van der Waals surface area contributed by atoms with Crippen molar-refractivity contribution in [2.75, 3.05) is 0 Å². The normalized spacial score (nSPS) is 11.2. The Morgan fingerprint density at radius 2 is 1.87 bits per heavy atom. The van der Waals surface area contributed by atoms with Crippen LogP contribution in [0.3, 0.4) is 0 Å². The van der Waals surface area contributed by atoms with Crippen molar-refractivity contribution in [3.8, 4) is 56.1 Å². The van der Waals surface area contributed by atoms with Crippen LogP contribution < -0.4 is 0 Å². The molecule has 0 radical (unpaired) electrons. The predicted octanol–water partition coefficient (Wildman–Crippen LogP) is 2.56. The van der Waals surface area contributed by atoms with Crippen LogP contribution >= 0.6 is 11.3 Å². The molecule has 6 rings (SSSR count). The van der Waals surface area contributed by atoms with Gasteiger partial charge in [-0.3, -0.25) is 0 Å². The molecule has 6 aromatic heterocycles. The first kappa shape index (κ1) is 17.3. The summed E-state index contributed by atoms with van der Waals surface area (Å²) in [6, 6.07) is 3.86. The number of nitrogens with one attached hydrogen (secondary N) is 4. The molecule has 0 spiro atoms. The van der Waals surface area contributed by atoms with Crippen LogP contribution in [-0.2, 0) is 0 Å². The van der Waals surface area contributed by atoms with E-state index in [1.165, 1.54) is 11.3 Å². The summed E-state index contributed by atoms with van der Waals surface area (Å²) in [6.45, 7) is 0. The van der Waals surface area contributed by atoms with Crippen molar-refractivity contribution in [1.29, 1.82) is 0 Å². The van der Waals surface area contributed by atoms with Crippen LogP contribution in [0.2, 0.25) is 0 Å². The standard InChI is InChI=1S/C18H12N12S/c1-2-9(19-3-1)14-13(18-22-6-7-31-18)12(16-20-4-5-21-16)11(10-8-23-28-25-10)15(24-14)17-26-29-30-27-17/h1-8,19H,(H,20,21)(H,23,25,28)(H,26,27,29,30). The van der Waals surface area contributed by atoms with Gasteiger partial charge in [-0.2, -0.15) is 20.6 Å². The fourth-order valence-electron chi connectivity index (χ4n) is 3.45. The Morgan fingerprint density at radius 1 is 0.871 bits per heavy atom. The van der Waals surface area contributed by atoms with Gasteiger partial charge in [0.25, 0.3) is 0 Å². The predicted molar refractivity (Wildman–Crippen MR) is 111 cm³/mol. The average Bonchev–Trinajstić information content (AvgIpc) is 3.65. The number of imidazole rings is 1. The number of thiazole rings is 1. The lowest BCUT2D eigenvalue weighted by Gasteiger charge is -2.17. The van der Waals surface area contributed by atoms with Gasteiger partial charge in [0.2, 0.25) is 5.82 Å². The van der Waals surface area contributed by atoms with E-state index < -0.39 is 0 Å². The van der Waals surface area contributed by atoms with Crippen LogP contribution in [-0.4, -0.2) is 61.0 Å². The maximum Gasteiger partial charge on any atom is 0.223 e. The van der Waals surface area contributed by atoms with E-state index in [-0.39, 0.29) is 0 Å². The summed E-state index contributed by atoms with van der Waals surface area (Å²) in [5.41, 5.74) is 4.76. The topological polar surface area (TPSA) is 166 Å². The fourth-order valence-corrected chi connectivity index (χ4v) is 4.14. The van der Waals surface area contributed by atoms with Crippen molar-refractivity contribution in [3.05, 3.63) is 48.5 Å². The number of tetrazole rings is 1. The van der Waals surface area contributed by atoms with Crippen LogP contribution in [0.4, 0.5) is 0 Å². The second kappa shape index (κ2) is 7.07. The molecule has 0 unspecified atom stereocenters. The third-order valence-corrected chi connectivity index (χ3v) is 5.45. The third-order valence-electron chi connectivity index (χ3n) is 4.66. The minimum atomic E-state index is 0.323. The smallest absolute Gasteiger partial charge is 0.223 e. The molecule has 6 aromatic rings. The van der Waals surface area contributed by atoms with Crippen molar-refractivity contribution >= 4 is 11.3 Å². The number of pyridine rings is 1. The highest BCUT2D eigenvalue weighted by atomic mass is 32.1. The van der Waals surface area contributed by atoms with Gasteiger partial charge in [-0.05, 0) is 17.3 Å². The summed E-state index contributed by atoms with van der Waals surface area (Å²) in [7, 11) is 0. The molecule has 31 heavy (non-hydrogen) atoms. The lowest BCUT2D eigenvalue weighted by Crippen LogP contribution is -2.03. The quantitative estimate of drug-likeness (QED) is 0.325. The van der Waals surface area contributed by atoms with Crippen LogP contribution in [0.25, 0.3) is 56.1 Å². The summed E-state index contributed by atoms with van der Waals surface area (Å²) in [4.78, 5) is 20.5. The molecule has 13 heteroatoms. The summed E-state index contributed by atoms with van der Waals surface area (Å²) in [5.74, 6) is 0.951. The van der Waals surface area contributed by atoms with Gasteiger partial charge < -0.3 is 9.97 Å². The molecule has 0 fully saturated rings. The molecule has 0 amide bonds. The van der Waals surface area contributed by atoms with E-state index >= 15 is 0 Å². The molecule has 4 N–H and O–H groups in total. The Hall–Kier alpha value is -4.52. The highest BCUT2D eigenvalue weighted by molar-refractivity contribution is 7.13. The van der Waals surface area contributed by atoms with Crippen molar-refractivity contribution in [3.63, 3.8) is 0 Å². The monoisotopic (exact) mass is 428 g/mol. The Balaban J connectivity index is 1.82. The highest BCUT2D eigenvalue weighted by Crippen LogP contribution is 2.46. The first-order valence-corrected chi connectivity index (χ1v) is 9.99. The highest BCUT2D eigenvalue weighted by Gasteiger charge is 2.29. The van der Waals surface area contributed by atoms with Crippen molar-refractivity contribution in [2.24, 2.45) is 0 Å². The summed E-state index contributed by atoms with van der Waals surface area (Å²) in [5, 5.41) is 28.2. The Kier molecular flexibility index (Phi) is 3.96. The van der Waals surface area contributed by atoms with E-state index in [9.17, 15) is 0 Å². The molecular formula is C18H12N12S. The van der Waals surface area contributed by atoms with Gasteiger partial charge in [-0.1, -0.05) is 0 Å². The molecule has 0 aromatic carbocycles. The van der Waals surface area contributed by atoms with E-state index in [0.29, 0.717) is 34.3 Å². The number of H-pyrrole nitrogens is 4. The lowest BCUT2D eigenvalue weighted by atomic mass is 9.94. The molecule has 12 nitrogen and oxygen atoms in total. The zero-order valence-electron chi connectivity index (χ0n) is 15.6. The van der Waals surface area contributed by atoms with Gasteiger partial charge in [0, 0.05) is 46.9 Å². The van der Waals surface area contributed by atoms with E-state index in [1.807, 2.05) is 23.7 Å². The molecule has 0 saturated heterocycles. The van der Waals surface area contributed by atoms with E-state index in [4.69, 9.17) is 4.98 Å². The molecule has 0 aliphatic rings. The van der Waals surface area contributed by atoms with Gasteiger partial charge in [-0.25, -0.2) is 15.0 Å². The number of nitrogens with zero attached hydrogens (tertiary/aromatic N) is 8. The van der Waals surface area contributed by atoms with Crippen LogP contribution in [0.5, 0.6) is 0 Å². The first-order valence-electron chi connectivity index (χ1n) is 9.11. The van der Waals surface area contributed by atoms with Gasteiger partial charge >= 0.3 is 0 Å². The lowest BCUT2D eigenvalue weighted by molar-refractivity contribution is 0.881. The maximum atomic E-state index is 4.97. The first-order chi connectivity index (χ1) is 15.4. The second-order valence-corrected chi connectivity index (χ2v) is 7.28. The molecule has 150 valence electrons. The van der Waals surface area contributed by atoms with Gasteiger partial charge in [0.05, 0.1) is 17.6 Å². The van der Waals surface area contributed by atoms with Gasteiger partial charge in [-0.15, -0.1) is 21.5 Å². The minimum absolute atomic E-state index is 0.323. The summed E-state index contributed by atoms with van der Waals surface area (Å²) < 4.78 is 0. The SMILES string of the molecule is c1c[nH]c(-c2nc(-c3nn[nH]n3)c(-c3cn[nH]n3)c(-c3ncc[nH]3)c2-c2nccs2)c1. The Labute approximate surface area is 177 Å². The molecular weight excluding hydrogens is 416 g/mol. The molecule has 6 heterocycles. The third kappa shape index (κ3) is 2.83. The summed E-state index contributed by atoms with van der Waals surface area (Å²) >= 11 is 1.51. The van der Waals surface area contributed by atoms with Crippen molar-refractivity contribution < 1.29 is 0 Å². The molecule has 0 saturated carbocycles. The second-order valence-electron chi connectivity index (χ2n) is 6.38. The van der Waals surface area contributed by atoms with E-state index in [0.717, 1.165) is 21.8 Å². The zero-order chi connectivity index (χ0) is 20.6. The average molecular weight is 428 g/mol. The van der Waals surface area contributed by atoms with Crippen LogP contribution in [0.15, 0.2) is 48.5 Å². The van der Waals surface area contributed by atoms with E-state index in [1.54, 1.807) is 24.8 Å². The Morgan fingerprint density at radius 3 is 2.55 bits per heavy atom. The fraction of sp³-hybridized carbons (Fsp3) is 0. The zero-order valence-corrected chi connectivity index (χ0v) is 16.4. The summed E-state index contributed by atoms with van der Waals surface area (Å²) in [6.07, 6.45) is 8.67. The number of aromatic nitrogens is 12.